The van der Waals surface area contributed by atoms with Gasteiger partial charge >= 0.3 is 0 Å². The number of nitrogens with one attached hydrogen (secondary N) is 1. The third kappa shape index (κ3) is 6.56. The van der Waals surface area contributed by atoms with Gasteiger partial charge in [0.15, 0.2) is 18.1 Å². The van der Waals surface area contributed by atoms with E-state index in [0.717, 1.165) is 4.47 Å². The van der Waals surface area contributed by atoms with Crippen LogP contribution in [0, 0.1) is 5.82 Å². The Labute approximate surface area is 248 Å². The van der Waals surface area contributed by atoms with Crippen molar-refractivity contribution in [1.29, 1.82) is 0 Å². The summed E-state index contributed by atoms with van der Waals surface area (Å²) in [5.41, 5.74) is 1.32. The molecule has 1 aromatic heterocycles. The lowest BCUT2D eigenvalue weighted by molar-refractivity contribution is -0.118. The minimum absolute atomic E-state index is 0.0653. The first-order chi connectivity index (χ1) is 18.6. The number of amides is 1. The molecule has 4 rings (SSSR count). The van der Waals surface area contributed by atoms with Gasteiger partial charge in [-0.2, -0.15) is 9.78 Å². The first-order valence-corrected chi connectivity index (χ1v) is 14.0. The van der Waals surface area contributed by atoms with Crippen LogP contribution in [0.1, 0.15) is 31.2 Å². The lowest BCUT2D eigenvalue weighted by Crippen LogP contribution is -2.23. The zero-order chi connectivity index (χ0) is 28.3. The highest BCUT2D eigenvalue weighted by Crippen LogP contribution is 2.42. The van der Waals surface area contributed by atoms with Gasteiger partial charge in [-0.3, -0.25) is 9.59 Å². The van der Waals surface area contributed by atoms with E-state index >= 15 is 0 Å². The number of ether oxygens (including phenoxy) is 2. The van der Waals surface area contributed by atoms with Crippen molar-refractivity contribution in [2.45, 2.75) is 19.8 Å². The monoisotopic (exact) mass is 722 g/mol. The van der Waals surface area contributed by atoms with E-state index in [2.05, 4.69) is 63.2 Å². The fraction of sp³-hybridized carbons (Fsp3) is 0.185. The van der Waals surface area contributed by atoms with Crippen molar-refractivity contribution in [1.82, 2.24) is 9.66 Å². The lowest BCUT2D eigenvalue weighted by Gasteiger charge is -2.15. The molecule has 3 aromatic carbocycles. The Morgan fingerprint density at radius 2 is 1.85 bits per heavy atom. The second kappa shape index (κ2) is 12.4. The van der Waals surface area contributed by atoms with E-state index in [1.807, 2.05) is 19.9 Å². The molecule has 0 fully saturated rings. The van der Waals surface area contributed by atoms with Crippen molar-refractivity contribution in [2.24, 2.45) is 5.10 Å². The molecule has 8 nitrogen and oxygen atoms in total. The van der Waals surface area contributed by atoms with Crippen molar-refractivity contribution < 1.29 is 18.7 Å². The first-order valence-electron chi connectivity index (χ1n) is 11.6. The Hall–Kier alpha value is -3.09. The molecule has 0 saturated heterocycles. The van der Waals surface area contributed by atoms with Crippen molar-refractivity contribution in [2.75, 3.05) is 19.0 Å². The zero-order valence-electron chi connectivity index (χ0n) is 21.0. The third-order valence-electron chi connectivity index (χ3n) is 5.51. The summed E-state index contributed by atoms with van der Waals surface area (Å²) >= 11 is 10.4. The second-order valence-electron chi connectivity index (χ2n) is 8.62. The largest absolute Gasteiger partial charge is 0.493 e. The normalized spacial score (nSPS) is 11.4. The summed E-state index contributed by atoms with van der Waals surface area (Å²) in [6, 6.07) is 12.4. The van der Waals surface area contributed by atoms with E-state index in [-0.39, 0.29) is 23.8 Å². The number of carbonyl (C=O) groups excluding carboxylic acids is 1. The molecule has 1 N–H and O–H groups in total. The van der Waals surface area contributed by atoms with Crippen molar-refractivity contribution in [3.8, 4) is 11.5 Å². The van der Waals surface area contributed by atoms with Gasteiger partial charge in [-0.1, -0.05) is 29.8 Å². The van der Waals surface area contributed by atoms with E-state index in [9.17, 15) is 14.0 Å². The molecule has 0 spiro atoms. The quantitative estimate of drug-likeness (QED) is 0.201. The molecular weight excluding hydrogens is 703 g/mol. The van der Waals surface area contributed by atoms with Crippen LogP contribution in [0.4, 0.5) is 10.1 Å². The van der Waals surface area contributed by atoms with Crippen molar-refractivity contribution in [3.05, 3.63) is 89.5 Å². The summed E-state index contributed by atoms with van der Waals surface area (Å²) in [5.74, 6) is 0.228. The topological polar surface area (TPSA) is 94.8 Å². The molecule has 12 heteroatoms. The van der Waals surface area contributed by atoms with E-state index in [0.29, 0.717) is 42.7 Å². The third-order valence-corrected chi connectivity index (χ3v) is 8.15. The van der Waals surface area contributed by atoms with Crippen LogP contribution < -0.4 is 20.3 Å². The highest BCUT2D eigenvalue weighted by atomic mass is 79.9. The molecule has 0 radical (unpaired) electrons. The van der Waals surface area contributed by atoms with Gasteiger partial charge in [0.2, 0.25) is 0 Å². The van der Waals surface area contributed by atoms with Gasteiger partial charge in [0.1, 0.15) is 11.6 Å². The number of anilines is 1. The molecule has 1 amide bonds. The maximum atomic E-state index is 13.3. The SMILES string of the molecule is COc1cc(C=Nn2c(C(C)C)nc3ccc(Br)cc3c2=O)c(Br)c(Br)c1OCC(=O)Nc1ccc(F)cc1. The number of benzene rings is 3. The molecule has 202 valence electrons. The Morgan fingerprint density at radius 1 is 1.13 bits per heavy atom. The van der Waals surface area contributed by atoms with Crippen molar-refractivity contribution >= 4 is 76.5 Å². The number of hydrogen-bond donors (Lipinski definition) is 1. The van der Waals surface area contributed by atoms with Crippen LogP contribution in [0.5, 0.6) is 11.5 Å². The van der Waals surface area contributed by atoms with Crippen LogP contribution in [-0.2, 0) is 4.79 Å². The zero-order valence-corrected chi connectivity index (χ0v) is 25.7. The standard InChI is InChI=1S/C27H22Br3FN4O4/c1-14(2)26-34-20-9-4-16(28)11-19(20)27(37)35(26)32-12-15-10-21(38-3)25(24(30)23(15)29)39-13-22(36)33-18-7-5-17(31)6-8-18/h4-12,14H,13H2,1-3H3,(H,33,36). The maximum Gasteiger partial charge on any atom is 0.282 e. The molecule has 0 saturated carbocycles. The average molecular weight is 725 g/mol. The van der Waals surface area contributed by atoms with Crippen LogP contribution >= 0.6 is 47.8 Å². The number of aromatic nitrogens is 2. The molecule has 0 bridgehead atoms. The Bertz CT molecular complexity index is 1640. The predicted octanol–water partition coefficient (Wildman–Crippen LogP) is 6.85. The van der Waals surface area contributed by atoms with Gasteiger partial charge < -0.3 is 14.8 Å². The molecular formula is C27H22Br3FN4O4. The minimum atomic E-state index is -0.437. The lowest BCUT2D eigenvalue weighted by atomic mass is 10.2. The first kappa shape index (κ1) is 28.9. The Balaban J connectivity index is 1.63. The highest BCUT2D eigenvalue weighted by molar-refractivity contribution is 9.13. The fourth-order valence-corrected chi connectivity index (χ4v) is 4.92. The van der Waals surface area contributed by atoms with Gasteiger partial charge in [0.05, 0.1) is 28.7 Å². The van der Waals surface area contributed by atoms with Gasteiger partial charge in [0.25, 0.3) is 11.5 Å². The number of methoxy groups -OCH3 is 1. The second-order valence-corrected chi connectivity index (χ2v) is 11.1. The number of hydrogen-bond acceptors (Lipinski definition) is 6. The minimum Gasteiger partial charge on any atom is -0.493 e. The molecule has 0 aliphatic heterocycles. The van der Waals surface area contributed by atoms with Gasteiger partial charge in [-0.05, 0) is 80.4 Å². The molecule has 0 aliphatic carbocycles. The van der Waals surface area contributed by atoms with Crippen LogP contribution in [0.25, 0.3) is 10.9 Å². The Kier molecular flexibility index (Phi) is 9.19. The van der Waals surface area contributed by atoms with E-state index < -0.39 is 11.7 Å². The fourth-order valence-electron chi connectivity index (χ4n) is 3.62. The summed E-state index contributed by atoms with van der Waals surface area (Å²) < 4.78 is 27.4. The Morgan fingerprint density at radius 3 is 2.51 bits per heavy atom. The summed E-state index contributed by atoms with van der Waals surface area (Å²) in [7, 11) is 1.47. The van der Waals surface area contributed by atoms with Crippen molar-refractivity contribution in [3.63, 3.8) is 0 Å². The average Bonchev–Trinajstić information content (AvgIpc) is 2.91. The molecule has 4 aromatic rings. The summed E-state index contributed by atoms with van der Waals surface area (Å²) in [6.07, 6.45) is 1.52. The summed E-state index contributed by atoms with van der Waals surface area (Å²) in [4.78, 5) is 30.3. The van der Waals surface area contributed by atoms with Gasteiger partial charge in [-0.25, -0.2) is 9.37 Å². The summed E-state index contributed by atoms with van der Waals surface area (Å²) in [6.45, 7) is 3.55. The molecule has 39 heavy (non-hydrogen) atoms. The predicted molar refractivity (Wildman–Crippen MR) is 160 cm³/mol. The number of rotatable bonds is 8. The van der Waals surface area contributed by atoms with Crippen LogP contribution in [0.15, 0.2) is 71.8 Å². The van der Waals surface area contributed by atoms with Gasteiger partial charge in [-0.15, -0.1) is 0 Å². The molecule has 1 heterocycles. The van der Waals surface area contributed by atoms with Crippen LogP contribution in [-0.4, -0.2) is 35.5 Å². The molecule has 0 aliphatic rings. The highest BCUT2D eigenvalue weighted by Gasteiger charge is 2.19. The van der Waals surface area contributed by atoms with E-state index in [1.54, 1.807) is 18.2 Å². The number of fused-ring (bicyclic) bond motifs is 1. The number of carbonyl (C=O) groups is 1. The summed E-state index contributed by atoms with van der Waals surface area (Å²) in [5, 5.41) is 7.55. The molecule has 0 atom stereocenters. The van der Waals surface area contributed by atoms with Crippen LogP contribution in [0.2, 0.25) is 0 Å². The molecule has 0 unspecified atom stereocenters. The smallest absolute Gasteiger partial charge is 0.282 e. The van der Waals surface area contributed by atoms with Crippen LogP contribution in [0.3, 0.4) is 0 Å². The maximum absolute atomic E-state index is 13.3. The van der Waals surface area contributed by atoms with Gasteiger partial charge in [0, 0.05) is 26.1 Å². The number of nitrogens with zero attached hydrogens (tertiary/aromatic N) is 3. The number of halogens is 4. The van der Waals surface area contributed by atoms with E-state index in [4.69, 9.17) is 9.47 Å². The van der Waals surface area contributed by atoms with E-state index in [1.165, 1.54) is 42.3 Å².